The number of carboxylic acid groups (broad SMARTS) is 2. The van der Waals surface area contributed by atoms with E-state index in [2.05, 4.69) is 13.2 Å². The van der Waals surface area contributed by atoms with Crippen molar-refractivity contribution in [3.05, 3.63) is 72.1 Å². The van der Waals surface area contributed by atoms with E-state index in [4.69, 9.17) is 14.2 Å². The minimum Gasteiger partial charge on any atom is -0.478 e. The summed E-state index contributed by atoms with van der Waals surface area (Å²) in [6, 6.07) is 3.00. The van der Waals surface area contributed by atoms with E-state index in [-0.39, 0.29) is 22.7 Å². The number of Topliss-reactive ketones (excluding diaryl/α,β-unsaturated/α-hetero) is 1. The third-order valence-corrected chi connectivity index (χ3v) is 4.83. The molecule has 2 atom stereocenters. The summed E-state index contributed by atoms with van der Waals surface area (Å²) in [7, 11) is 0. The van der Waals surface area contributed by atoms with E-state index >= 15 is 0 Å². The number of aromatic carboxylic acids is 1. The number of carbonyl (C=O) groups is 5. The van der Waals surface area contributed by atoms with Crippen molar-refractivity contribution in [1.29, 1.82) is 0 Å². The lowest BCUT2D eigenvalue weighted by molar-refractivity contribution is -0.174. The largest absolute Gasteiger partial charge is 0.478 e. The molecule has 35 heavy (non-hydrogen) atoms. The molecule has 1 aromatic rings. The average molecular weight is 486 g/mol. The molecule has 0 saturated heterocycles. The molecular formula is C24H22O11. The van der Waals surface area contributed by atoms with Gasteiger partial charge in [-0.3, -0.25) is 4.79 Å². The van der Waals surface area contributed by atoms with Crippen LogP contribution >= 0.6 is 0 Å². The average Bonchev–Trinajstić information content (AvgIpc) is 2.75. The highest BCUT2D eigenvalue weighted by molar-refractivity contribution is 6.00. The Morgan fingerprint density at radius 1 is 0.914 bits per heavy atom. The maximum atomic E-state index is 12.5. The number of carboxylic acids is 2. The van der Waals surface area contributed by atoms with Gasteiger partial charge in [0.1, 0.15) is 22.8 Å². The van der Waals surface area contributed by atoms with E-state index in [9.17, 15) is 39.3 Å². The summed E-state index contributed by atoms with van der Waals surface area (Å²) in [5, 5.41) is 30.7. The maximum absolute atomic E-state index is 12.5. The van der Waals surface area contributed by atoms with Crippen LogP contribution in [0, 0.1) is 0 Å². The smallest absolute Gasteiger partial charge is 0.356 e. The Morgan fingerprint density at radius 2 is 1.49 bits per heavy atom. The fourth-order valence-corrected chi connectivity index (χ4v) is 2.89. The van der Waals surface area contributed by atoms with E-state index < -0.39 is 52.2 Å². The Hall–Kier alpha value is -4.51. The summed E-state index contributed by atoms with van der Waals surface area (Å²) in [4.78, 5) is 60.3. The second-order valence-corrected chi connectivity index (χ2v) is 7.65. The number of aliphatic carboxylic acids is 1. The van der Waals surface area contributed by atoms with Crippen LogP contribution < -0.4 is 9.47 Å². The second kappa shape index (κ2) is 9.77. The van der Waals surface area contributed by atoms with Gasteiger partial charge in [0.25, 0.3) is 5.60 Å². The van der Waals surface area contributed by atoms with Crippen molar-refractivity contribution >= 4 is 29.7 Å². The number of benzene rings is 1. The fraction of sp³-hybridized carbons (Fsp3) is 0.208. The lowest BCUT2D eigenvalue weighted by atomic mass is 9.76. The minimum atomic E-state index is -2.96. The molecule has 2 unspecified atom stereocenters. The van der Waals surface area contributed by atoms with Gasteiger partial charge in [0.15, 0.2) is 11.4 Å². The number of aliphatic hydroxyl groups is 1. The van der Waals surface area contributed by atoms with Gasteiger partial charge in [0, 0.05) is 23.3 Å². The molecule has 0 bridgehead atoms. The van der Waals surface area contributed by atoms with E-state index in [1.54, 1.807) is 0 Å². The molecule has 1 aromatic carbocycles. The van der Waals surface area contributed by atoms with Crippen molar-refractivity contribution in [3.8, 4) is 11.5 Å². The van der Waals surface area contributed by atoms with Gasteiger partial charge in [-0.25, -0.2) is 19.2 Å². The van der Waals surface area contributed by atoms with Crippen molar-refractivity contribution in [3.63, 3.8) is 0 Å². The van der Waals surface area contributed by atoms with Crippen LogP contribution in [-0.4, -0.2) is 56.2 Å². The molecule has 0 spiro atoms. The topological polar surface area (TPSA) is 174 Å². The lowest BCUT2D eigenvalue weighted by Gasteiger charge is -2.40. The predicted octanol–water partition coefficient (Wildman–Crippen LogP) is 1.96. The molecule has 0 saturated carbocycles. The maximum Gasteiger partial charge on any atom is 0.356 e. The molecule has 0 fully saturated rings. The van der Waals surface area contributed by atoms with Gasteiger partial charge in [0.05, 0.1) is 0 Å². The van der Waals surface area contributed by atoms with Gasteiger partial charge in [-0.05, 0) is 45.1 Å². The quantitative estimate of drug-likeness (QED) is 0.264. The standard InChI is InChI=1S/C24H22O11/c1-12(2)20(28)33-15-6-7-17(19(26)27)18(10-15)35-24(22(30)31)9-8-16(34-21(29)13(3)4)11-23(24,32)14(5)25/h6-11,32H,1,3H2,2,4-5H3,(H,26,27)(H,30,31). The number of allylic oxidation sites excluding steroid dienone is 1. The monoisotopic (exact) mass is 486 g/mol. The van der Waals surface area contributed by atoms with Crippen LogP contribution in [0.25, 0.3) is 0 Å². The van der Waals surface area contributed by atoms with E-state index in [0.29, 0.717) is 6.08 Å². The van der Waals surface area contributed by atoms with Crippen molar-refractivity contribution in [2.45, 2.75) is 32.0 Å². The van der Waals surface area contributed by atoms with Crippen LogP contribution in [0.3, 0.4) is 0 Å². The minimum absolute atomic E-state index is 0.00999. The van der Waals surface area contributed by atoms with Crippen LogP contribution in [0.4, 0.5) is 0 Å². The molecule has 11 heteroatoms. The van der Waals surface area contributed by atoms with Crippen LogP contribution in [0.1, 0.15) is 31.1 Å². The van der Waals surface area contributed by atoms with Gasteiger partial charge in [-0.2, -0.15) is 0 Å². The molecule has 2 rings (SSSR count). The SMILES string of the molecule is C=C(C)C(=O)OC1=CC(O)(C(C)=O)C(Oc2cc(OC(=O)C(=C)C)ccc2C(=O)O)(C(=O)O)C=C1. The number of rotatable bonds is 9. The Morgan fingerprint density at radius 3 is 1.97 bits per heavy atom. The number of hydrogen-bond acceptors (Lipinski definition) is 9. The van der Waals surface area contributed by atoms with E-state index in [0.717, 1.165) is 37.3 Å². The molecule has 0 aromatic heterocycles. The molecule has 1 aliphatic carbocycles. The van der Waals surface area contributed by atoms with E-state index in [1.807, 2.05) is 0 Å². The van der Waals surface area contributed by atoms with Crippen LogP contribution in [0.15, 0.2) is 66.5 Å². The van der Waals surface area contributed by atoms with Gasteiger partial charge in [-0.15, -0.1) is 0 Å². The van der Waals surface area contributed by atoms with Crippen molar-refractivity contribution in [2.24, 2.45) is 0 Å². The highest BCUT2D eigenvalue weighted by atomic mass is 16.6. The first-order valence-electron chi connectivity index (χ1n) is 9.85. The summed E-state index contributed by atoms with van der Waals surface area (Å²) in [6.07, 6.45) is 2.35. The number of esters is 2. The molecule has 0 heterocycles. The Labute approximate surface area is 199 Å². The molecule has 3 N–H and O–H groups in total. The predicted molar refractivity (Wildman–Crippen MR) is 119 cm³/mol. The van der Waals surface area contributed by atoms with Crippen LogP contribution in [0.2, 0.25) is 0 Å². The Bertz CT molecular complexity index is 1220. The van der Waals surface area contributed by atoms with Crippen molar-refractivity contribution in [1.82, 2.24) is 0 Å². The Kier molecular flexibility index (Phi) is 7.47. The van der Waals surface area contributed by atoms with Crippen molar-refractivity contribution in [2.75, 3.05) is 0 Å². The fourth-order valence-electron chi connectivity index (χ4n) is 2.89. The molecule has 1 aliphatic rings. The zero-order valence-corrected chi connectivity index (χ0v) is 19.0. The highest BCUT2D eigenvalue weighted by Gasteiger charge is 2.61. The highest BCUT2D eigenvalue weighted by Crippen LogP contribution is 2.39. The molecule has 0 amide bonds. The molecule has 0 aliphatic heterocycles. The summed E-state index contributed by atoms with van der Waals surface area (Å²) in [5.74, 6) is -7.56. The lowest BCUT2D eigenvalue weighted by Crippen LogP contribution is -2.65. The summed E-state index contributed by atoms with van der Waals surface area (Å²) in [6.45, 7) is 10.4. The van der Waals surface area contributed by atoms with E-state index in [1.165, 1.54) is 13.8 Å². The molecule has 0 radical (unpaired) electrons. The first kappa shape index (κ1) is 26.7. The van der Waals surface area contributed by atoms with Gasteiger partial charge in [0.2, 0.25) is 0 Å². The number of carbonyl (C=O) groups excluding carboxylic acids is 3. The second-order valence-electron chi connectivity index (χ2n) is 7.65. The number of ether oxygens (including phenoxy) is 3. The van der Waals surface area contributed by atoms with Gasteiger partial charge in [-0.1, -0.05) is 13.2 Å². The summed E-state index contributed by atoms with van der Waals surface area (Å²) < 4.78 is 15.5. The summed E-state index contributed by atoms with van der Waals surface area (Å²) >= 11 is 0. The first-order valence-corrected chi connectivity index (χ1v) is 9.85. The zero-order chi connectivity index (χ0) is 26.7. The third kappa shape index (κ3) is 5.20. The van der Waals surface area contributed by atoms with Gasteiger partial charge < -0.3 is 29.5 Å². The van der Waals surface area contributed by atoms with Crippen molar-refractivity contribution < 1.29 is 53.5 Å². The number of hydrogen-bond donors (Lipinski definition) is 3. The molecular weight excluding hydrogens is 464 g/mol. The van der Waals surface area contributed by atoms with Crippen LogP contribution in [-0.2, 0) is 23.9 Å². The zero-order valence-electron chi connectivity index (χ0n) is 19.0. The third-order valence-electron chi connectivity index (χ3n) is 4.83. The summed E-state index contributed by atoms with van der Waals surface area (Å²) in [5.41, 5.74) is -6.41. The number of ketones is 1. The molecule has 11 nitrogen and oxygen atoms in total. The van der Waals surface area contributed by atoms with Crippen LogP contribution in [0.5, 0.6) is 11.5 Å². The Balaban J connectivity index is 2.66. The molecule has 184 valence electrons. The first-order chi connectivity index (χ1) is 16.1. The normalized spacial score (nSPS) is 20.7. The van der Waals surface area contributed by atoms with Gasteiger partial charge >= 0.3 is 23.9 Å².